The molecule has 0 radical (unpaired) electrons. The molecule has 0 aromatic rings. The lowest BCUT2D eigenvalue weighted by Crippen LogP contribution is -2.47. The summed E-state index contributed by atoms with van der Waals surface area (Å²) in [6, 6.07) is 0.549. The van der Waals surface area contributed by atoms with Crippen LogP contribution in [0.25, 0.3) is 0 Å². The smallest absolute Gasteiger partial charge is 0.205 e. The third-order valence-electron chi connectivity index (χ3n) is 3.28. The largest absolute Gasteiger partial charge is 0.353 e. The van der Waals surface area contributed by atoms with Crippen molar-refractivity contribution in [2.45, 2.75) is 58.4 Å². The van der Waals surface area contributed by atoms with Gasteiger partial charge in [0.2, 0.25) is 5.96 Å². The number of nitrogens with two attached hydrogens (primary N) is 1. The van der Waals surface area contributed by atoms with Crippen LogP contribution in [0.4, 0.5) is 0 Å². The number of unbranched alkanes of at least 4 members (excludes halogenated alkanes) is 1. The Morgan fingerprint density at radius 3 is 2.56 bits per heavy atom. The lowest BCUT2D eigenvalue weighted by Gasteiger charge is -2.27. The predicted octanol–water partition coefficient (Wildman–Crippen LogP) is 1.77. The molecule has 0 aromatic heterocycles. The molecule has 0 unspecified atom stereocenters. The van der Waals surface area contributed by atoms with Gasteiger partial charge in [-0.05, 0) is 38.0 Å². The first-order valence-electron chi connectivity index (χ1n) is 6.53. The van der Waals surface area contributed by atoms with Gasteiger partial charge in [0.1, 0.15) is 0 Å². The van der Waals surface area contributed by atoms with E-state index in [4.69, 9.17) is 5.84 Å². The first-order chi connectivity index (χ1) is 7.76. The van der Waals surface area contributed by atoms with Gasteiger partial charge in [0.15, 0.2) is 0 Å². The van der Waals surface area contributed by atoms with E-state index in [9.17, 15) is 0 Å². The van der Waals surface area contributed by atoms with Gasteiger partial charge in [-0.3, -0.25) is 10.4 Å². The first-order valence-corrected chi connectivity index (χ1v) is 6.53. The fraction of sp³-hybridized carbons (Fsp3) is 0.917. The van der Waals surface area contributed by atoms with Crippen molar-refractivity contribution in [2.75, 3.05) is 6.54 Å². The van der Waals surface area contributed by atoms with Gasteiger partial charge in [0.25, 0.3) is 0 Å². The molecule has 1 saturated carbocycles. The van der Waals surface area contributed by atoms with E-state index in [0.29, 0.717) is 6.04 Å². The fourth-order valence-electron chi connectivity index (χ4n) is 2.08. The van der Waals surface area contributed by atoms with Gasteiger partial charge in [-0.25, -0.2) is 5.84 Å². The number of guanidine groups is 1. The molecule has 1 aliphatic carbocycles. The summed E-state index contributed by atoms with van der Waals surface area (Å²) in [7, 11) is 0. The lowest BCUT2D eigenvalue weighted by molar-refractivity contribution is 0.329. The molecule has 0 aromatic carbocycles. The van der Waals surface area contributed by atoms with Crippen molar-refractivity contribution < 1.29 is 0 Å². The first kappa shape index (κ1) is 13.3. The van der Waals surface area contributed by atoms with Gasteiger partial charge in [-0.2, -0.15) is 0 Å². The van der Waals surface area contributed by atoms with Crippen LogP contribution in [0.5, 0.6) is 0 Å². The van der Waals surface area contributed by atoms with Gasteiger partial charge >= 0.3 is 0 Å². The van der Waals surface area contributed by atoms with Crippen molar-refractivity contribution in [3.8, 4) is 0 Å². The van der Waals surface area contributed by atoms with Gasteiger partial charge in [-0.15, -0.1) is 0 Å². The zero-order valence-electron chi connectivity index (χ0n) is 10.6. The van der Waals surface area contributed by atoms with Crippen molar-refractivity contribution in [1.82, 2.24) is 10.7 Å². The molecule has 1 aliphatic rings. The summed E-state index contributed by atoms with van der Waals surface area (Å²) >= 11 is 0. The number of nitrogens with one attached hydrogen (secondary N) is 2. The second-order valence-corrected chi connectivity index (χ2v) is 4.83. The molecular formula is C12H26N4. The zero-order chi connectivity index (χ0) is 11.8. The minimum absolute atomic E-state index is 0.549. The quantitative estimate of drug-likeness (QED) is 0.225. The van der Waals surface area contributed by atoms with Crippen LogP contribution in [0.15, 0.2) is 4.99 Å². The monoisotopic (exact) mass is 226 g/mol. The normalized spacial score (nSPS) is 26.6. The third kappa shape index (κ3) is 4.84. The number of hydrogen-bond donors (Lipinski definition) is 3. The van der Waals surface area contributed by atoms with Crippen LogP contribution < -0.4 is 16.6 Å². The molecule has 4 N–H and O–H groups in total. The summed E-state index contributed by atoms with van der Waals surface area (Å²) in [5.74, 6) is 7.09. The number of rotatable bonds is 4. The summed E-state index contributed by atoms with van der Waals surface area (Å²) in [5, 5.41) is 3.40. The standard InChI is InChI=1S/C12H26N4/c1-3-4-9-14-12(16-13)15-11-7-5-10(2)6-8-11/h10-11H,3-9,13H2,1-2H3,(H2,14,15,16). The molecule has 4 nitrogen and oxygen atoms in total. The van der Waals surface area contributed by atoms with Gasteiger partial charge in [0.05, 0.1) is 0 Å². The molecular weight excluding hydrogens is 200 g/mol. The van der Waals surface area contributed by atoms with Crippen LogP contribution in [-0.2, 0) is 0 Å². The number of hydrogen-bond acceptors (Lipinski definition) is 2. The maximum Gasteiger partial charge on any atom is 0.205 e. The Morgan fingerprint density at radius 1 is 1.31 bits per heavy atom. The van der Waals surface area contributed by atoms with Crippen molar-refractivity contribution in [3.63, 3.8) is 0 Å². The van der Waals surface area contributed by atoms with Crippen LogP contribution >= 0.6 is 0 Å². The number of hydrazine groups is 1. The molecule has 0 aliphatic heterocycles. The van der Waals surface area contributed by atoms with Gasteiger partial charge in [-0.1, -0.05) is 20.3 Å². The molecule has 1 fully saturated rings. The van der Waals surface area contributed by atoms with Crippen LogP contribution in [0.2, 0.25) is 0 Å². The summed E-state index contributed by atoms with van der Waals surface area (Å²) in [4.78, 5) is 4.41. The van der Waals surface area contributed by atoms with E-state index in [1.54, 1.807) is 0 Å². The van der Waals surface area contributed by atoms with Crippen LogP contribution in [-0.4, -0.2) is 18.5 Å². The molecule has 0 heterocycles. The summed E-state index contributed by atoms with van der Waals surface area (Å²) < 4.78 is 0. The highest BCUT2D eigenvalue weighted by atomic mass is 15.3. The molecule has 4 heteroatoms. The Kier molecular flexibility index (Phi) is 6.23. The number of nitrogens with zero attached hydrogens (tertiary/aromatic N) is 1. The molecule has 0 amide bonds. The molecule has 0 bridgehead atoms. The summed E-state index contributed by atoms with van der Waals surface area (Å²) in [6.07, 6.45) is 7.37. The van der Waals surface area contributed by atoms with E-state index < -0.39 is 0 Å². The highest BCUT2D eigenvalue weighted by Gasteiger charge is 2.18. The Labute approximate surface area is 99.1 Å². The van der Waals surface area contributed by atoms with Crippen molar-refractivity contribution in [2.24, 2.45) is 16.8 Å². The average Bonchev–Trinajstić information content (AvgIpc) is 2.31. The van der Waals surface area contributed by atoms with E-state index in [-0.39, 0.29) is 0 Å². The lowest BCUT2D eigenvalue weighted by atomic mass is 9.87. The zero-order valence-corrected chi connectivity index (χ0v) is 10.6. The van der Waals surface area contributed by atoms with E-state index >= 15 is 0 Å². The highest BCUT2D eigenvalue weighted by Crippen LogP contribution is 2.23. The van der Waals surface area contributed by atoms with E-state index in [0.717, 1.165) is 24.8 Å². The molecule has 0 saturated heterocycles. The van der Waals surface area contributed by atoms with E-state index in [1.807, 2.05) is 0 Å². The molecule has 16 heavy (non-hydrogen) atoms. The van der Waals surface area contributed by atoms with Crippen molar-refractivity contribution in [1.29, 1.82) is 0 Å². The third-order valence-corrected chi connectivity index (χ3v) is 3.28. The second-order valence-electron chi connectivity index (χ2n) is 4.83. The highest BCUT2D eigenvalue weighted by molar-refractivity contribution is 5.79. The molecule has 94 valence electrons. The van der Waals surface area contributed by atoms with Crippen LogP contribution in [0, 0.1) is 5.92 Å². The Hall–Kier alpha value is -0.770. The van der Waals surface area contributed by atoms with Crippen molar-refractivity contribution >= 4 is 5.96 Å². The predicted molar refractivity (Wildman–Crippen MR) is 69.1 cm³/mol. The van der Waals surface area contributed by atoms with Crippen molar-refractivity contribution in [3.05, 3.63) is 0 Å². The topological polar surface area (TPSA) is 62.4 Å². The average molecular weight is 226 g/mol. The molecule has 1 rings (SSSR count). The molecule has 0 atom stereocenters. The Bertz CT molecular complexity index is 207. The van der Waals surface area contributed by atoms with Gasteiger partial charge < -0.3 is 5.32 Å². The second kappa shape index (κ2) is 7.49. The summed E-state index contributed by atoms with van der Waals surface area (Å²) in [6.45, 7) is 5.35. The maximum absolute atomic E-state index is 5.46. The van der Waals surface area contributed by atoms with Gasteiger partial charge in [0, 0.05) is 12.6 Å². The van der Waals surface area contributed by atoms with Crippen LogP contribution in [0.3, 0.4) is 0 Å². The maximum atomic E-state index is 5.46. The van der Waals surface area contributed by atoms with E-state index in [2.05, 4.69) is 29.6 Å². The van der Waals surface area contributed by atoms with Crippen LogP contribution in [0.1, 0.15) is 52.4 Å². The van der Waals surface area contributed by atoms with E-state index in [1.165, 1.54) is 32.1 Å². The fourth-order valence-corrected chi connectivity index (χ4v) is 2.08. The summed E-state index contributed by atoms with van der Waals surface area (Å²) in [5.41, 5.74) is 2.66. The minimum atomic E-state index is 0.549. The Balaban J connectivity index is 2.29. The number of aliphatic imine (C=N–C) groups is 1. The molecule has 0 spiro atoms. The Morgan fingerprint density at radius 2 is 2.00 bits per heavy atom. The SMILES string of the molecule is CCCCN=C(NN)NC1CCC(C)CC1. The minimum Gasteiger partial charge on any atom is -0.353 e.